The molecule has 0 saturated heterocycles. The van der Waals surface area contributed by atoms with E-state index in [1.54, 1.807) is 13.0 Å². The number of nitrogens with zero attached hydrogens (tertiary/aromatic N) is 1. The molecule has 1 N–H and O–H groups in total. The molecule has 1 unspecified atom stereocenters. The van der Waals surface area contributed by atoms with E-state index in [9.17, 15) is 20.0 Å². The molecule has 0 aliphatic carbocycles. The molecule has 6 nitrogen and oxygen atoms in total. The number of hydrogen-bond acceptors (Lipinski definition) is 5. The van der Waals surface area contributed by atoms with Crippen molar-refractivity contribution in [2.24, 2.45) is 5.92 Å². The van der Waals surface area contributed by atoms with Crippen LogP contribution in [0, 0.1) is 16.0 Å². The molecule has 1 rings (SSSR count). The van der Waals surface area contributed by atoms with Crippen LogP contribution in [0.4, 0.5) is 5.69 Å². The Hall–Kier alpha value is -2.37. The van der Waals surface area contributed by atoms with E-state index < -0.39 is 10.8 Å². The van der Waals surface area contributed by atoms with Gasteiger partial charge >= 0.3 is 11.7 Å². The SMILES string of the molecule is CC=CCC(Cc1ccc(O)c([N+](=O)[O-])c1)C(=O)OCC. The second-order valence-electron chi connectivity index (χ2n) is 4.54. The number of rotatable bonds is 7. The minimum atomic E-state index is -0.649. The number of allylic oxidation sites excluding steroid dienone is 2. The first-order chi connectivity index (χ1) is 9.99. The molecule has 0 saturated carbocycles. The lowest BCUT2D eigenvalue weighted by Gasteiger charge is -2.14. The number of phenolic OH excluding ortho intramolecular Hbond substituents is 1. The monoisotopic (exact) mass is 293 g/mol. The highest BCUT2D eigenvalue weighted by Gasteiger charge is 2.21. The summed E-state index contributed by atoms with van der Waals surface area (Å²) in [6, 6.07) is 4.13. The normalized spacial score (nSPS) is 12.3. The van der Waals surface area contributed by atoms with Crippen molar-refractivity contribution in [1.82, 2.24) is 0 Å². The first-order valence-corrected chi connectivity index (χ1v) is 6.73. The maximum atomic E-state index is 11.9. The summed E-state index contributed by atoms with van der Waals surface area (Å²) in [7, 11) is 0. The van der Waals surface area contributed by atoms with Crippen LogP contribution in [-0.4, -0.2) is 22.6 Å². The zero-order valence-electron chi connectivity index (χ0n) is 12.1. The Kier molecular flexibility index (Phi) is 6.39. The van der Waals surface area contributed by atoms with E-state index in [1.807, 2.05) is 19.1 Å². The van der Waals surface area contributed by atoms with Gasteiger partial charge in [0.25, 0.3) is 0 Å². The summed E-state index contributed by atoms with van der Waals surface area (Å²) in [4.78, 5) is 22.1. The van der Waals surface area contributed by atoms with Crippen molar-refractivity contribution in [2.45, 2.75) is 26.7 Å². The van der Waals surface area contributed by atoms with Gasteiger partial charge in [-0.25, -0.2) is 0 Å². The average molecular weight is 293 g/mol. The van der Waals surface area contributed by atoms with Gasteiger partial charge in [-0.05, 0) is 38.3 Å². The van der Waals surface area contributed by atoms with Crippen LogP contribution in [0.2, 0.25) is 0 Å². The highest BCUT2D eigenvalue weighted by Crippen LogP contribution is 2.28. The lowest BCUT2D eigenvalue weighted by atomic mass is 9.95. The first-order valence-electron chi connectivity index (χ1n) is 6.73. The van der Waals surface area contributed by atoms with Gasteiger partial charge in [0.05, 0.1) is 17.4 Å². The Labute approximate surface area is 123 Å². The molecule has 0 spiro atoms. The third kappa shape index (κ3) is 4.91. The molecule has 1 aromatic rings. The Morgan fingerprint density at radius 1 is 1.52 bits per heavy atom. The number of phenols is 1. The molecule has 0 bridgehead atoms. The summed E-state index contributed by atoms with van der Waals surface area (Å²) < 4.78 is 5.02. The number of benzene rings is 1. The maximum absolute atomic E-state index is 11.9. The number of hydrogen-bond donors (Lipinski definition) is 1. The molecule has 0 radical (unpaired) electrons. The van der Waals surface area contributed by atoms with Crippen molar-refractivity contribution in [3.8, 4) is 5.75 Å². The predicted molar refractivity (Wildman–Crippen MR) is 78.0 cm³/mol. The number of nitro benzene ring substituents is 1. The zero-order valence-corrected chi connectivity index (χ0v) is 12.1. The van der Waals surface area contributed by atoms with Crippen molar-refractivity contribution >= 4 is 11.7 Å². The van der Waals surface area contributed by atoms with Crippen molar-refractivity contribution in [1.29, 1.82) is 0 Å². The second kappa shape index (κ2) is 8.04. The molecule has 1 atom stereocenters. The molecule has 0 aliphatic heterocycles. The van der Waals surface area contributed by atoms with Gasteiger partial charge in [0, 0.05) is 6.07 Å². The van der Waals surface area contributed by atoms with E-state index in [1.165, 1.54) is 12.1 Å². The van der Waals surface area contributed by atoms with Gasteiger partial charge in [-0.1, -0.05) is 18.2 Å². The Bertz CT molecular complexity index is 539. The van der Waals surface area contributed by atoms with Crippen LogP contribution in [-0.2, 0) is 16.0 Å². The third-order valence-corrected chi connectivity index (χ3v) is 2.99. The molecular weight excluding hydrogens is 274 g/mol. The van der Waals surface area contributed by atoms with Crippen LogP contribution in [0.15, 0.2) is 30.4 Å². The van der Waals surface area contributed by atoms with Crippen LogP contribution in [0.5, 0.6) is 5.75 Å². The summed E-state index contributed by atoms with van der Waals surface area (Å²) in [6.07, 6.45) is 4.52. The van der Waals surface area contributed by atoms with Crippen LogP contribution in [0.25, 0.3) is 0 Å². The first kappa shape index (κ1) is 16.7. The Morgan fingerprint density at radius 3 is 2.81 bits per heavy atom. The molecule has 6 heteroatoms. The number of carbonyl (C=O) groups excluding carboxylic acids is 1. The molecule has 0 aromatic heterocycles. The summed E-state index contributed by atoms with van der Waals surface area (Å²) in [5.41, 5.74) is 0.253. The third-order valence-electron chi connectivity index (χ3n) is 2.99. The molecule has 21 heavy (non-hydrogen) atoms. The topological polar surface area (TPSA) is 89.7 Å². The van der Waals surface area contributed by atoms with Crippen molar-refractivity contribution < 1.29 is 19.6 Å². The Morgan fingerprint density at radius 2 is 2.24 bits per heavy atom. The van der Waals surface area contributed by atoms with Crippen molar-refractivity contribution in [3.63, 3.8) is 0 Å². The van der Waals surface area contributed by atoms with E-state index in [4.69, 9.17) is 4.74 Å². The number of esters is 1. The van der Waals surface area contributed by atoms with Crippen LogP contribution in [0.1, 0.15) is 25.8 Å². The minimum absolute atomic E-state index is 0.293. The van der Waals surface area contributed by atoms with E-state index in [0.717, 1.165) is 0 Å². The smallest absolute Gasteiger partial charge is 0.310 e. The predicted octanol–water partition coefficient (Wildman–Crippen LogP) is 2.99. The fourth-order valence-electron chi connectivity index (χ4n) is 1.95. The van der Waals surface area contributed by atoms with E-state index in [-0.39, 0.29) is 17.4 Å². The number of aromatic hydroxyl groups is 1. The van der Waals surface area contributed by atoms with Gasteiger partial charge in [0.2, 0.25) is 0 Å². The molecular formula is C15H19NO5. The van der Waals surface area contributed by atoms with Crippen LogP contribution < -0.4 is 0 Å². The maximum Gasteiger partial charge on any atom is 0.310 e. The summed E-state index contributed by atoms with van der Waals surface area (Å²) in [5.74, 6) is -1.11. The van der Waals surface area contributed by atoms with E-state index in [0.29, 0.717) is 25.0 Å². The summed E-state index contributed by atoms with van der Waals surface area (Å²) in [6.45, 7) is 3.88. The van der Waals surface area contributed by atoms with Crippen LogP contribution >= 0.6 is 0 Å². The van der Waals surface area contributed by atoms with Crippen LogP contribution in [0.3, 0.4) is 0 Å². The standard InChI is InChI=1S/C15H19NO5/c1-3-5-6-12(15(18)21-4-2)9-11-7-8-14(17)13(10-11)16(19)20/h3,5,7-8,10,12,17H,4,6,9H2,1-2H3. The van der Waals surface area contributed by atoms with Gasteiger partial charge in [0.1, 0.15) is 0 Å². The number of ether oxygens (including phenoxy) is 1. The molecule has 0 fully saturated rings. The van der Waals surface area contributed by atoms with Gasteiger partial charge < -0.3 is 9.84 Å². The molecule has 0 heterocycles. The average Bonchev–Trinajstić information content (AvgIpc) is 2.45. The summed E-state index contributed by atoms with van der Waals surface area (Å²) >= 11 is 0. The Balaban J connectivity index is 2.94. The highest BCUT2D eigenvalue weighted by atomic mass is 16.6. The van der Waals surface area contributed by atoms with Gasteiger partial charge in [-0.3, -0.25) is 14.9 Å². The second-order valence-corrected chi connectivity index (χ2v) is 4.54. The molecule has 1 aromatic carbocycles. The summed E-state index contributed by atoms with van der Waals surface area (Å²) in [5, 5.41) is 20.2. The fourth-order valence-corrected chi connectivity index (χ4v) is 1.95. The molecule has 0 amide bonds. The van der Waals surface area contributed by atoms with Gasteiger partial charge in [0.15, 0.2) is 5.75 Å². The minimum Gasteiger partial charge on any atom is -0.502 e. The fraction of sp³-hybridized carbons (Fsp3) is 0.400. The van der Waals surface area contributed by atoms with Crippen molar-refractivity contribution in [2.75, 3.05) is 6.61 Å². The number of nitro groups is 1. The van der Waals surface area contributed by atoms with Gasteiger partial charge in [-0.2, -0.15) is 0 Å². The largest absolute Gasteiger partial charge is 0.502 e. The number of carbonyl (C=O) groups is 1. The zero-order chi connectivity index (χ0) is 15.8. The van der Waals surface area contributed by atoms with E-state index in [2.05, 4.69) is 0 Å². The van der Waals surface area contributed by atoms with E-state index >= 15 is 0 Å². The molecule has 114 valence electrons. The van der Waals surface area contributed by atoms with Gasteiger partial charge in [-0.15, -0.1) is 0 Å². The lowest BCUT2D eigenvalue weighted by molar-refractivity contribution is -0.385. The highest BCUT2D eigenvalue weighted by molar-refractivity contribution is 5.73. The van der Waals surface area contributed by atoms with Crippen molar-refractivity contribution in [3.05, 3.63) is 46.0 Å². The lowest BCUT2D eigenvalue weighted by Crippen LogP contribution is -2.19. The quantitative estimate of drug-likeness (QED) is 0.361. The molecule has 0 aliphatic rings.